The van der Waals surface area contributed by atoms with Gasteiger partial charge in [0.1, 0.15) is 18.2 Å². The molecule has 0 saturated carbocycles. The largest absolute Gasteiger partial charge is 0.469 e. The first-order valence-corrected chi connectivity index (χ1v) is 12.6. The summed E-state index contributed by atoms with van der Waals surface area (Å²) in [6, 6.07) is 1.50. The zero-order valence-electron chi connectivity index (χ0n) is 19.4. The lowest BCUT2D eigenvalue weighted by molar-refractivity contribution is 0.0888. The number of urea groups is 1. The van der Waals surface area contributed by atoms with Crippen molar-refractivity contribution in [3.05, 3.63) is 34.4 Å². The quantitative estimate of drug-likeness (QED) is 0.313. The van der Waals surface area contributed by atoms with Gasteiger partial charge in [0.05, 0.1) is 12.2 Å². The summed E-state index contributed by atoms with van der Waals surface area (Å²) in [6.45, 7) is 1.78. The molecule has 36 heavy (non-hydrogen) atoms. The van der Waals surface area contributed by atoms with Crippen LogP contribution in [0, 0.1) is 11.6 Å². The van der Waals surface area contributed by atoms with Crippen molar-refractivity contribution in [1.29, 1.82) is 0 Å². The lowest BCUT2D eigenvalue weighted by atomic mass is 10.0. The van der Waals surface area contributed by atoms with Crippen molar-refractivity contribution >= 4 is 40.3 Å². The Morgan fingerprint density at radius 2 is 2.03 bits per heavy atom. The molecule has 0 bridgehead atoms. The van der Waals surface area contributed by atoms with Crippen molar-refractivity contribution in [2.24, 2.45) is 5.73 Å². The topological polar surface area (TPSA) is 139 Å². The highest BCUT2D eigenvalue weighted by atomic mass is 35.5. The van der Waals surface area contributed by atoms with Crippen LogP contribution in [0.15, 0.2) is 12.1 Å². The Labute approximate surface area is 215 Å². The number of aliphatic hydroxyl groups is 1. The molecule has 10 nitrogen and oxygen atoms in total. The number of halogens is 3. The fraction of sp³-hybridized carbons (Fsp3) is 0.500. The zero-order chi connectivity index (χ0) is 26.1. The summed E-state index contributed by atoms with van der Waals surface area (Å²) in [5, 5.41) is 14.6. The van der Waals surface area contributed by atoms with Gasteiger partial charge in [0, 0.05) is 17.6 Å². The second-order valence-electron chi connectivity index (χ2n) is 8.16. The minimum Gasteiger partial charge on any atom is -0.469 e. The van der Waals surface area contributed by atoms with Gasteiger partial charge in [-0.2, -0.15) is 0 Å². The molecule has 0 radical (unpaired) electrons. The molecular weight excluding hydrogens is 520 g/mol. The first kappa shape index (κ1) is 27.8. The number of likely N-dealkylation sites (tertiary alicyclic amines) is 1. The first-order valence-electron chi connectivity index (χ1n) is 11.4. The summed E-state index contributed by atoms with van der Waals surface area (Å²) in [6.07, 6.45) is 3.63. The maximum atomic E-state index is 14.0. The van der Waals surface area contributed by atoms with Gasteiger partial charge in [0.25, 0.3) is 5.88 Å². The molecule has 0 aliphatic carbocycles. The number of nitrogens with zero attached hydrogens (tertiary/aromatic N) is 2. The molecule has 1 aliphatic rings. The van der Waals surface area contributed by atoms with E-state index in [0.717, 1.165) is 68.9 Å². The third-order valence-corrected chi connectivity index (χ3v) is 6.57. The average Bonchev–Trinajstić information content (AvgIpc) is 3.18. The van der Waals surface area contributed by atoms with Gasteiger partial charge in [-0.05, 0) is 62.4 Å². The maximum absolute atomic E-state index is 14.0. The molecule has 2 heterocycles. The van der Waals surface area contributed by atoms with Crippen molar-refractivity contribution in [3.63, 3.8) is 0 Å². The van der Waals surface area contributed by atoms with Crippen LogP contribution in [0.4, 0.5) is 23.4 Å². The van der Waals surface area contributed by atoms with E-state index in [-0.39, 0.29) is 34.3 Å². The lowest BCUT2D eigenvalue weighted by Crippen LogP contribution is -2.42. The summed E-state index contributed by atoms with van der Waals surface area (Å²) in [7, 11) is 0. The third kappa shape index (κ3) is 7.88. The van der Waals surface area contributed by atoms with Gasteiger partial charge < -0.3 is 25.6 Å². The number of primary amides is 1. The number of ether oxygens (including phenoxy) is 2. The number of nitrogens with two attached hydrogens (primary N) is 1. The first-order chi connectivity index (χ1) is 17.3. The van der Waals surface area contributed by atoms with Crippen LogP contribution in [0.5, 0.6) is 11.6 Å². The average molecular weight is 548 g/mol. The number of aromatic nitrogens is 1. The van der Waals surface area contributed by atoms with E-state index in [4.69, 9.17) is 26.8 Å². The van der Waals surface area contributed by atoms with E-state index in [2.05, 4.69) is 19.9 Å². The van der Waals surface area contributed by atoms with Crippen LogP contribution >= 0.6 is 23.1 Å². The van der Waals surface area contributed by atoms with E-state index >= 15 is 0 Å². The molecular formula is C22H28ClF2N5O5S. The number of anilines is 1. The highest BCUT2D eigenvalue weighted by Gasteiger charge is 2.23. The normalized spacial score (nSPS) is 15.9. The summed E-state index contributed by atoms with van der Waals surface area (Å²) < 4.78 is 42.2. The van der Waals surface area contributed by atoms with Crippen molar-refractivity contribution in [2.75, 3.05) is 31.6 Å². The van der Waals surface area contributed by atoms with E-state index in [1.54, 1.807) is 0 Å². The second-order valence-corrected chi connectivity index (χ2v) is 9.37. The highest BCUT2D eigenvalue weighted by Crippen LogP contribution is 2.39. The van der Waals surface area contributed by atoms with E-state index in [1.165, 1.54) is 0 Å². The third-order valence-electron chi connectivity index (χ3n) is 5.63. The molecule has 1 saturated heterocycles. The molecule has 0 spiro atoms. The van der Waals surface area contributed by atoms with E-state index in [9.17, 15) is 23.5 Å². The van der Waals surface area contributed by atoms with Crippen molar-refractivity contribution in [3.8, 4) is 11.6 Å². The Morgan fingerprint density at radius 3 is 2.72 bits per heavy atom. The van der Waals surface area contributed by atoms with Gasteiger partial charge in [-0.1, -0.05) is 18.0 Å². The Hall–Kier alpha value is -2.74. The molecule has 1 aromatic carbocycles. The summed E-state index contributed by atoms with van der Waals surface area (Å²) in [5.74, 6) is -2.39. The number of amides is 3. The standard InChI is InChI=1S/C22H28ClF2N5O5S/c23-13-9-16(24)15(17(25)10-13)12-34-19-18(35-21(26)32)20(36-29-19)28-22(33)27-6-2-4-8-30-7-3-1-5-14(30)11-31/h9-10,14,31H,1-8,11-12H2,(H2,26,32)(H2,27,28,33). The highest BCUT2D eigenvalue weighted by molar-refractivity contribution is 7.11. The number of piperidine rings is 1. The van der Waals surface area contributed by atoms with Crippen LogP contribution < -0.4 is 25.8 Å². The van der Waals surface area contributed by atoms with E-state index in [1.807, 2.05) is 0 Å². The van der Waals surface area contributed by atoms with Gasteiger partial charge in [0.15, 0.2) is 5.00 Å². The number of unbranched alkanes of at least 4 members (excludes halogenated alkanes) is 1. The molecule has 14 heteroatoms. The fourth-order valence-corrected chi connectivity index (χ4v) is 4.68. The molecule has 5 N–H and O–H groups in total. The van der Waals surface area contributed by atoms with Crippen LogP contribution in [0.2, 0.25) is 5.02 Å². The van der Waals surface area contributed by atoms with Crippen LogP contribution in [-0.4, -0.2) is 58.8 Å². The number of rotatable bonds is 11. The number of hydrogen-bond acceptors (Lipinski definition) is 8. The summed E-state index contributed by atoms with van der Waals surface area (Å²) >= 11 is 6.35. The van der Waals surface area contributed by atoms with Crippen LogP contribution in [0.1, 0.15) is 37.7 Å². The number of carbonyl (C=O) groups is 2. The van der Waals surface area contributed by atoms with Gasteiger partial charge in [-0.25, -0.2) is 18.4 Å². The minimum absolute atomic E-state index is 0.0254. The zero-order valence-corrected chi connectivity index (χ0v) is 21.0. The van der Waals surface area contributed by atoms with Gasteiger partial charge in [0.2, 0.25) is 5.75 Å². The lowest BCUT2D eigenvalue weighted by Gasteiger charge is -2.34. The minimum atomic E-state index is -1.19. The predicted molar refractivity (Wildman–Crippen MR) is 131 cm³/mol. The van der Waals surface area contributed by atoms with Gasteiger partial charge in [-0.3, -0.25) is 10.2 Å². The molecule has 2 aromatic rings. The van der Waals surface area contributed by atoms with Crippen LogP contribution in [0.25, 0.3) is 0 Å². The smallest absolute Gasteiger partial charge is 0.410 e. The van der Waals surface area contributed by atoms with Crippen molar-refractivity contribution < 1.29 is 33.0 Å². The monoisotopic (exact) mass is 547 g/mol. The summed E-state index contributed by atoms with van der Waals surface area (Å²) in [5.41, 5.74) is 4.69. The molecule has 1 fully saturated rings. The van der Waals surface area contributed by atoms with Gasteiger partial charge >= 0.3 is 12.1 Å². The van der Waals surface area contributed by atoms with Crippen molar-refractivity contribution in [1.82, 2.24) is 14.6 Å². The Kier molecular flexibility index (Phi) is 10.5. The molecule has 1 atom stereocenters. The Bertz CT molecular complexity index is 1040. The van der Waals surface area contributed by atoms with Crippen LogP contribution in [0.3, 0.4) is 0 Å². The maximum Gasteiger partial charge on any atom is 0.410 e. The fourth-order valence-electron chi connectivity index (χ4n) is 3.83. The molecule has 3 amide bonds. The van der Waals surface area contributed by atoms with Crippen LogP contribution in [-0.2, 0) is 6.61 Å². The number of benzene rings is 1. The van der Waals surface area contributed by atoms with Crippen molar-refractivity contribution in [2.45, 2.75) is 44.8 Å². The van der Waals surface area contributed by atoms with Gasteiger partial charge in [-0.15, -0.1) is 4.37 Å². The predicted octanol–water partition coefficient (Wildman–Crippen LogP) is 3.86. The number of carbonyl (C=O) groups excluding carboxylic acids is 2. The van der Waals surface area contributed by atoms with E-state index < -0.39 is 35.9 Å². The Balaban J connectivity index is 1.51. The molecule has 1 unspecified atom stereocenters. The molecule has 3 rings (SSSR count). The number of nitrogens with one attached hydrogen (secondary N) is 2. The summed E-state index contributed by atoms with van der Waals surface area (Å²) in [4.78, 5) is 25.9. The SMILES string of the molecule is NC(=O)Oc1c(OCc2c(F)cc(Cl)cc2F)nsc1NC(=O)NCCCCN1CCCCC1CO. The number of aliphatic hydroxyl groups excluding tert-OH is 1. The van der Waals surface area contributed by atoms with E-state index in [0.29, 0.717) is 6.54 Å². The molecule has 198 valence electrons. The molecule has 1 aromatic heterocycles. The Morgan fingerprint density at radius 1 is 1.28 bits per heavy atom. The molecule has 1 aliphatic heterocycles. The number of hydrogen-bond donors (Lipinski definition) is 4. The second kappa shape index (κ2) is 13.5.